The minimum atomic E-state index is 0.259. The van der Waals surface area contributed by atoms with Gasteiger partial charge in [-0.05, 0) is 35.4 Å². The van der Waals surface area contributed by atoms with E-state index >= 15 is 0 Å². The number of rotatable bonds is 4. The quantitative estimate of drug-likeness (QED) is 0.590. The van der Waals surface area contributed by atoms with Gasteiger partial charge in [0.05, 0.1) is 10.7 Å². The molecule has 2 aromatic rings. The molecule has 0 aliphatic rings. The van der Waals surface area contributed by atoms with E-state index in [2.05, 4.69) is 4.99 Å². The Labute approximate surface area is 139 Å². The number of hydrogen-bond donors (Lipinski definition) is 3. The lowest BCUT2D eigenvalue weighted by Crippen LogP contribution is -2.10. The van der Waals surface area contributed by atoms with Crippen molar-refractivity contribution in [2.45, 2.75) is 6.54 Å². The largest absolute Gasteiger partial charge is 0.398 e. The normalized spacial score (nSPS) is 12.5. The Kier molecular flexibility index (Phi) is 5.44. The minimum absolute atomic E-state index is 0.259. The highest BCUT2D eigenvalue weighted by molar-refractivity contribution is 6.33. The minimum Gasteiger partial charge on any atom is -0.398 e. The van der Waals surface area contributed by atoms with Gasteiger partial charge >= 0.3 is 0 Å². The van der Waals surface area contributed by atoms with E-state index in [1.807, 2.05) is 18.2 Å². The Balaban J connectivity index is 2.25. The SMILES string of the molecule is NCc1ccc(N=C(N)/C=C(\N)c2ccc(Cl)cc2)c(Cl)c1. The maximum atomic E-state index is 6.14. The van der Waals surface area contributed by atoms with Crippen LogP contribution in [0.2, 0.25) is 10.0 Å². The van der Waals surface area contributed by atoms with Crippen molar-refractivity contribution < 1.29 is 0 Å². The molecule has 0 amide bonds. The summed E-state index contributed by atoms with van der Waals surface area (Å²) in [6.45, 7) is 0.419. The van der Waals surface area contributed by atoms with Crippen LogP contribution in [0.4, 0.5) is 5.69 Å². The van der Waals surface area contributed by atoms with E-state index in [9.17, 15) is 0 Å². The van der Waals surface area contributed by atoms with Crippen LogP contribution in [0.25, 0.3) is 5.70 Å². The van der Waals surface area contributed by atoms with E-state index in [1.54, 1.807) is 30.3 Å². The molecule has 0 bridgehead atoms. The molecule has 0 radical (unpaired) electrons. The van der Waals surface area contributed by atoms with Crippen LogP contribution in [-0.4, -0.2) is 5.84 Å². The fraction of sp³-hybridized carbons (Fsp3) is 0.0625. The molecule has 0 spiro atoms. The van der Waals surface area contributed by atoms with Crippen molar-refractivity contribution in [1.29, 1.82) is 0 Å². The van der Waals surface area contributed by atoms with E-state index in [0.29, 0.717) is 28.0 Å². The van der Waals surface area contributed by atoms with Gasteiger partial charge in [-0.2, -0.15) is 0 Å². The van der Waals surface area contributed by atoms with Gasteiger partial charge in [0, 0.05) is 23.3 Å². The van der Waals surface area contributed by atoms with Crippen LogP contribution in [0.5, 0.6) is 0 Å². The van der Waals surface area contributed by atoms with Crippen molar-refractivity contribution in [2.75, 3.05) is 0 Å². The van der Waals surface area contributed by atoms with E-state index in [0.717, 1.165) is 11.1 Å². The number of nitrogens with two attached hydrogens (primary N) is 3. The van der Waals surface area contributed by atoms with E-state index in [4.69, 9.17) is 40.4 Å². The predicted octanol–water partition coefficient (Wildman–Crippen LogP) is 3.44. The molecule has 0 atom stereocenters. The van der Waals surface area contributed by atoms with Gasteiger partial charge in [0.1, 0.15) is 5.84 Å². The van der Waals surface area contributed by atoms with Crippen molar-refractivity contribution in [2.24, 2.45) is 22.2 Å². The smallest absolute Gasteiger partial charge is 0.126 e. The van der Waals surface area contributed by atoms with Gasteiger partial charge in [-0.3, -0.25) is 0 Å². The molecule has 2 rings (SSSR count). The Hall–Kier alpha value is -2.01. The van der Waals surface area contributed by atoms with Gasteiger partial charge in [0.2, 0.25) is 0 Å². The first-order valence-corrected chi connectivity index (χ1v) is 7.31. The molecule has 0 aromatic heterocycles. The Morgan fingerprint density at radius 1 is 1.05 bits per heavy atom. The average molecular weight is 335 g/mol. The Bertz CT molecular complexity index is 721. The van der Waals surface area contributed by atoms with Crippen molar-refractivity contribution in [3.63, 3.8) is 0 Å². The van der Waals surface area contributed by atoms with E-state index < -0.39 is 0 Å². The van der Waals surface area contributed by atoms with Crippen LogP contribution in [-0.2, 0) is 6.54 Å². The van der Waals surface area contributed by atoms with Crippen LogP contribution in [0.15, 0.2) is 53.5 Å². The first-order chi connectivity index (χ1) is 10.5. The lowest BCUT2D eigenvalue weighted by atomic mass is 10.1. The van der Waals surface area contributed by atoms with Crippen LogP contribution >= 0.6 is 23.2 Å². The lowest BCUT2D eigenvalue weighted by Gasteiger charge is -2.04. The number of halogens is 2. The second kappa shape index (κ2) is 7.31. The highest BCUT2D eigenvalue weighted by Gasteiger charge is 2.02. The molecular formula is C16H16Cl2N4. The molecule has 0 heterocycles. The third kappa shape index (κ3) is 4.24. The first kappa shape index (κ1) is 16.4. The van der Waals surface area contributed by atoms with Crippen molar-refractivity contribution in [3.8, 4) is 0 Å². The molecule has 0 unspecified atom stereocenters. The van der Waals surface area contributed by atoms with Crippen LogP contribution in [0.1, 0.15) is 11.1 Å². The zero-order valence-electron chi connectivity index (χ0n) is 11.8. The number of hydrogen-bond acceptors (Lipinski definition) is 3. The summed E-state index contributed by atoms with van der Waals surface area (Å²) >= 11 is 12.0. The summed E-state index contributed by atoms with van der Waals surface area (Å²) in [7, 11) is 0. The molecule has 4 nitrogen and oxygen atoms in total. The number of aliphatic imine (C=N–C) groups is 1. The molecule has 0 saturated carbocycles. The second-order valence-electron chi connectivity index (χ2n) is 4.63. The molecule has 0 aliphatic heterocycles. The fourth-order valence-electron chi connectivity index (χ4n) is 1.82. The third-order valence-electron chi connectivity index (χ3n) is 2.98. The molecule has 6 heteroatoms. The molecule has 2 aromatic carbocycles. The molecular weight excluding hydrogens is 319 g/mol. The zero-order chi connectivity index (χ0) is 16.1. The summed E-state index contributed by atoms with van der Waals surface area (Å²) in [5.41, 5.74) is 20.2. The van der Waals surface area contributed by atoms with E-state index in [1.165, 1.54) is 0 Å². The molecule has 0 saturated heterocycles. The Morgan fingerprint density at radius 3 is 2.32 bits per heavy atom. The predicted molar refractivity (Wildman–Crippen MR) is 94.2 cm³/mol. The van der Waals surface area contributed by atoms with Gasteiger partial charge in [0.25, 0.3) is 0 Å². The second-order valence-corrected chi connectivity index (χ2v) is 5.48. The van der Waals surface area contributed by atoms with Crippen molar-refractivity contribution >= 4 is 40.4 Å². The summed E-state index contributed by atoms with van der Waals surface area (Å²) in [4.78, 5) is 4.26. The average Bonchev–Trinajstić information content (AvgIpc) is 2.49. The topological polar surface area (TPSA) is 90.4 Å². The van der Waals surface area contributed by atoms with Gasteiger partial charge in [-0.25, -0.2) is 4.99 Å². The number of benzene rings is 2. The molecule has 114 valence electrons. The maximum absolute atomic E-state index is 6.14. The summed E-state index contributed by atoms with van der Waals surface area (Å²) in [5, 5.41) is 1.13. The van der Waals surface area contributed by atoms with Crippen molar-refractivity contribution in [1.82, 2.24) is 0 Å². The van der Waals surface area contributed by atoms with Crippen LogP contribution in [0, 0.1) is 0 Å². The highest BCUT2D eigenvalue weighted by Crippen LogP contribution is 2.26. The zero-order valence-corrected chi connectivity index (χ0v) is 13.3. The van der Waals surface area contributed by atoms with Gasteiger partial charge < -0.3 is 17.2 Å². The van der Waals surface area contributed by atoms with Gasteiger partial charge in [-0.1, -0.05) is 41.4 Å². The highest BCUT2D eigenvalue weighted by atomic mass is 35.5. The molecule has 0 fully saturated rings. The number of nitrogens with zero attached hydrogens (tertiary/aromatic N) is 1. The van der Waals surface area contributed by atoms with Crippen LogP contribution < -0.4 is 17.2 Å². The first-order valence-electron chi connectivity index (χ1n) is 6.55. The van der Waals surface area contributed by atoms with Crippen LogP contribution in [0.3, 0.4) is 0 Å². The molecule has 22 heavy (non-hydrogen) atoms. The van der Waals surface area contributed by atoms with Gasteiger partial charge in [-0.15, -0.1) is 0 Å². The number of amidine groups is 1. The third-order valence-corrected chi connectivity index (χ3v) is 3.53. The summed E-state index contributed by atoms with van der Waals surface area (Å²) < 4.78 is 0. The molecule has 6 N–H and O–H groups in total. The molecule has 0 aliphatic carbocycles. The summed E-state index contributed by atoms with van der Waals surface area (Å²) in [5.74, 6) is 0.259. The summed E-state index contributed by atoms with van der Waals surface area (Å²) in [6, 6.07) is 12.5. The Morgan fingerprint density at radius 2 is 1.73 bits per heavy atom. The van der Waals surface area contributed by atoms with E-state index in [-0.39, 0.29) is 5.84 Å². The fourth-order valence-corrected chi connectivity index (χ4v) is 2.20. The van der Waals surface area contributed by atoms with Gasteiger partial charge in [0.15, 0.2) is 0 Å². The van der Waals surface area contributed by atoms with Crippen molar-refractivity contribution in [3.05, 3.63) is 69.7 Å². The summed E-state index contributed by atoms with van der Waals surface area (Å²) in [6.07, 6.45) is 1.58. The monoisotopic (exact) mass is 334 g/mol. The maximum Gasteiger partial charge on any atom is 0.126 e. The lowest BCUT2D eigenvalue weighted by molar-refractivity contribution is 1.07. The standard InChI is InChI=1S/C16H16Cl2N4/c17-12-4-2-11(3-5-12)14(20)8-16(21)22-15-6-1-10(9-19)7-13(15)18/h1-8H,9,19-20H2,(H2,21,22)/b14-8-.